The third-order valence-corrected chi connectivity index (χ3v) is 8.45. The molecule has 190 valence electrons. The molecule has 0 saturated carbocycles. The fourth-order valence-corrected chi connectivity index (χ4v) is 6.45. The van der Waals surface area contributed by atoms with Gasteiger partial charge in [0.2, 0.25) is 10.0 Å². The van der Waals surface area contributed by atoms with Crippen molar-refractivity contribution in [3.05, 3.63) is 96.6 Å². The quantitative estimate of drug-likeness (QED) is 0.224. The maximum atomic E-state index is 13.0. The van der Waals surface area contributed by atoms with E-state index < -0.39 is 10.0 Å². The molecule has 3 heterocycles. The van der Waals surface area contributed by atoms with E-state index in [-0.39, 0.29) is 17.2 Å². The Morgan fingerprint density at radius 2 is 1.76 bits per heavy atom. The van der Waals surface area contributed by atoms with Gasteiger partial charge in [-0.15, -0.1) is 11.3 Å². The van der Waals surface area contributed by atoms with Crippen LogP contribution in [0.25, 0.3) is 38.2 Å². The Balaban J connectivity index is 1.21. The lowest BCUT2D eigenvalue weighted by molar-refractivity contribution is 0.475. The number of aromatic nitrogens is 3. The number of nitrogens with zero attached hydrogens (tertiary/aromatic N) is 3. The molecular weight excluding hydrogens is 518 g/mol. The van der Waals surface area contributed by atoms with Gasteiger partial charge in [0.1, 0.15) is 11.6 Å². The molecule has 0 amide bonds. The first-order chi connectivity index (χ1) is 18.5. The summed E-state index contributed by atoms with van der Waals surface area (Å²) >= 11 is 1.53. The second-order valence-corrected chi connectivity index (χ2v) is 11.3. The van der Waals surface area contributed by atoms with Crippen LogP contribution in [0.1, 0.15) is 0 Å². The molecule has 10 heteroatoms. The van der Waals surface area contributed by atoms with Crippen molar-refractivity contribution in [3.63, 3.8) is 0 Å². The first kappa shape index (κ1) is 24.1. The molecule has 0 aliphatic carbocycles. The van der Waals surface area contributed by atoms with Crippen molar-refractivity contribution in [2.24, 2.45) is 0 Å². The smallest absolute Gasteiger partial charge is 0.241 e. The monoisotopic (exact) mass is 541 g/mol. The van der Waals surface area contributed by atoms with E-state index in [0.717, 1.165) is 32.9 Å². The molecule has 0 radical (unpaired) electrons. The average Bonchev–Trinajstić information content (AvgIpc) is 3.53. The number of rotatable bonds is 8. The van der Waals surface area contributed by atoms with Crippen LogP contribution in [0, 0.1) is 0 Å². The largest absolute Gasteiger partial charge is 0.508 e. The SMILES string of the molecule is O=S(=O)(NCCNc1cc(-c2c(-c3cccc(O)c3)nc3sccn23)ccn1)c1cccc2ccccc12. The molecule has 6 aromatic rings. The number of benzene rings is 3. The minimum absolute atomic E-state index is 0.174. The van der Waals surface area contributed by atoms with E-state index in [0.29, 0.717) is 17.7 Å². The van der Waals surface area contributed by atoms with Crippen LogP contribution in [0.3, 0.4) is 0 Å². The number of hydrogen-bond donors (Lipinski definition) is 3. The Kier molecular flexibility index (Phi) is 6.28. The topological polar surface area (TPSA) is 109 Å². The maximum absolute atomic E-state index is 13.0. The number of imidazole rings is 1. The molecule has 0 bridgehead atoms. The van der Waals surface area contributed by atoms with E-state index in [2.05, 4.69) is 15.0 Å². The molecule has 0 aliphatic rings. The van der Waals surface area contributed by atoms with Crippen LogP contribution in [0.5, 0.6) is 5.75 Å². The van der Waals surface area contributed by atoms with Crippen LogP contribution in [-0.2, 0) is 10.0 Å². The molecule has 0 unspecified atom stereocenters. The normalized spacial score (nSPS) is 11.8. The van der Waals surface area contributed by atoms with Crippen molar-refractivity contribution in [2.75, 3.05) is 18.4 Å². The minimum atomic E-state index is -3.68. The third kappa shape index (κ3) is 4.60. The molecule has 0 saturated heterocycles. The number of aromatic hydroxyl groups is 1. The van der Waals surface area contributed by atoms with E-state index in [1.54, 1.807) is 36.5 Å². The van der Waals surface area contributed by atoms with Gasteiger partial charge in [-0.2, -0.15) is 0 Å². The molecule has 3 aromatic heterocycles. The number of hydrogen-bond acceptors (Lipinski definition) is 7. The Labute approximate surface area is 223 Å². The number of phenols is 1. The number of thiazole rings is 1. The van der Waals surface area contributed by atoms with Crippen LogP contribution < -0.4 is 10.0 Å². The summed E-state index contributed by atoms with van der Waals surface area (Å²) in [6, 6.07) is 23.5. The molecule has 3 N–H and O–H groups in total. The van der Waals surface area contributed by atoms with Crippen LogP contribution in [0.2, 0.25) is 0 Å². The van der Waals surface area contributed by atoms with E-state index in [4.69, 9.17) is 4.98 Å². The summed E-state index contributed by atoms with van der Waals surface area (Å²) in [5.74, 6) is 0.784. The highest BCUT2D eigenvalue weighted by Gasteiger charge is 2.18. The summed E-state index contributed by atoms with van der Waals surface area (Å²) in [4.78, 5) is 10.3. The van der Waals surface area contributed by atoms with Crippen molar-refractivity contribution in [3.8, 4) is 28.3 Å². The van der Waals surface area contributed by atoms with E-state index >= 15 is 0 Å². The molecule has 0 spiro atoms. The summed E-state index contributed by atoms with van der Waals surface area (Å²) < 4.78 is 30.7. The highest BCUT2D eigenvalue weighted by molar-refractivity contribution is 7.89. The van der Waals surface area contributed by atoms with Crippen molar-refractivity contribution in [2.45, 2.75) is 4.90 Å². The van der Waals surface area contributed by atoms with Gasteiger partial charge in [0.05, 0.1) is 16.3 Å². The van der Waals surface area contributed by atoms with Gasteiger partial charge in [-0.3, -0.25) is 4.40 Å². The van der Waals surface area contributed by atoms with E-state index in [1.165, 1.54) is 11.3 Å². The van der Waals surface area contributed by atoms with Crippen LogP contribution in [-0.4, -0.2) is 41.0 Å². The van der Waals surface area contributed by atoms with Crippen molar-refractivity contribution in [1.82, 2.24) is 19.1 Å². The molecule has 38 heavy (non-hydrogen) atoms. The number of fused-ring (bicyclic) bond motifs is 2. The van der Waals surface area contributed by atoms with Gasteiger partial charge >= 0.3 is 0 Å². The third-order valence-electron chi connectivity index (χ3n) is 6.18. The summed E-state index contributed by atoms with van der Waals surface area (Å²) in [7, 11) is -3.68. The summed E-state index contributed by atoms with van der Waals surface area (Å²) in [5, 5.41) is 16.8. The summed E-state index contributed by atoms with van der Waals surface area (Å²) in [6.07, 6.45) is 3.67. The molecule has 0 fully saturated rings. The van der Waals surface area contributed by atoms with Gasteiger partial charge in [0, 0.05) is 47.4 Å². The average molecular weight is 542 g/mol. The molecular formula is C28H23N5O3S2. The van der Waals surface area contributed by atoms with Crippen molar-refractivity contribution in [1.29, 1.82) is 0 Å². The summed E-state index contributed by atoms with van der Waals surface area (Å²) in [6.45, 7) is 0.535. The minimum Gasteiger partial charge on any atom is -0.508 e. The fraction of sp³-hybridized carbons (Fsp3) is 0.0714. The lowest BCUT2D eigenvalue weighted by atomic mass is 10.1. The molecule has 0 aliphatic heterocycles. The zero-order valence-electron chi connectivity index (χ0n) is 20.1. The van der Waals surface area contributed by atoms with Crippen LogP contribution in [0.4, 0.5) is 5.82 Å². The summed E-state index contributed by atoms with van der Waals surface area (Å²) in [5.41, 5.74) is 3.34. The number of nitrogens with one attached hydrogen (secondary N) is 2. The highest BCUT2D eigenvalue weighted by Crippen LogP contribution is 2.35. The lowest BCUT2D eigenvalue weighted by Crippen LogP contribution is -2.29. The molecule has 3 aromatic carbocycles. The molecule has 6 rings (SSSR count). The van der Waals surface area contributed by atoms with Gasteiger partial charge in [-0.25, -0.2) is 23.1 Å². The number of anilines is 1. The van der Waals surface area contributed by atoms with E-state index in [1.807, 2.05) is 64.5 Å². The second-order valence-electron chi connectivity index (χ2n) is 8.65. The zero-order valence-corrected chi connectivity index (χ0v) is 21.7. The van der Waals surface area contributed by atoms with Gasteiger partial charge in [-0.1, -0.05) is 48.5 Å². The van der Waals surface area contributed by atoms with E-state index in [9.17, 15) is 13.5 Å². The molecule has 0 atom stereocenters. The number of phenolic OH excluding ortho intramolecular Hbond substituents is 1. The van der Waals surface area contributed by atoms with Gasteiger partial charge in [0.15, 0.2) is 4.96 Å². The van der Waals surface area contributed by atoms with Crippen LogP contribution >= 0.6 is 11.3 Å². The Bertz CT molecular complexity index is 1870. The number of pyridine rings is 1. The predicted octanol–water partition coefficient (Wildman–Crippen LogP) is 5.37. The first-order valence-electron chi connectivity index (χ1n) is 11.9. The van der Waals surface area contributed by atoms with Gasteiger partial charge < -0.3 is 10.4 Å². The Hall–Kier alpha value is -4.25. The Morgan fingerprint density at radius 3 is 2.66 bits per heavy atom. The van der Waals surface area contributed by atoms with Gasteiger partial charge in [-0.05, 0) is 35.7 Å². The first-order valence-corrected chi connectivity index (χ1v) is 14.3. The Morgan fingerprint density at radius 1 is 0.921 bits per heavy atom. The highest BCUT2D eigenvalue weighted by atomic mass is 32.2. The van der Waals surface area contributed by atoms with Crippen molar-refractivity contribution >= 4 is 42.9 Å². The molecule has 8 nitrogen and oxygen atoms in total. The lowest BCUT2D eigenvalue weighted by Gasteiger charge is -2.11. The second kappa shape index (κ2) is 9.90. The number of sulfonamides is 1. The fourth-order valence-electron chi connectivity index (χ4n) is 4.47. The standard InChI is InChI=1S/C28H23N5O3S2/c34-22-8-3-7-20(17-22)26-27(33-15-16-37-28(33)32-26)21-11-12-29-25(18-21)30-13-14-31-38(35,36)24-10-4-6-19-5-1-2-9-23(19)24/h1-12,15-18,31,34H,13-14H2,(H,29,30). The van der Waals surface area contributed by atoms with Crippen LogP contribution in [0.15, 0.2) is 102 Å². The zero-order chi connectivity index (χ0) is 26.1. The maximum Gasteiger partial charge on any atom is 0.241 e. The van der Waals surface area contributed by atoms with Crippen molar-refractivity contribution < 1.29 is 13.5 Å². The van der Waals surface area contributed by atoms with Gasteiger partial charge in [0.25, 0.3) is 0 Å². The predicted molar refractivity (Wildman–Crippen MR) is 151 cm³/mol.